The zero-order chi connectivity index (χ0) is 23.1. The van der Waals surface area contributed by atoms with Gasteiger partial charge in [0.15, 0.2) is 11.4 Å². The van der Waals surface area contributed by atoms with Gasteiger partial charge in [-0.2, -0.15) is 5.10 Å². The first kappa shape index (κ1) is 20.5. The highest BCUT2D eigenvalue weighted by Crippen LogP contribution is 2.28. The van der Waals surface area contributed by atoms with Crippen molar-refractivity contribution in [1.29, 1.82) is 0 Å². The lowest BCUT2D eigenvalue weighted by molar-refractivity contribution is 0.0718. The molecule has 0 N–H and O–H groups in total. The minimum absolute atomic E-state index is 0.0315. The lowest BCUT2D eigenvalue weighted by atomic mass is 10.1. The van der Waals surface area contributed by atoms with Crippen LogP contribution in [-0.4, -0.2) is 54.4 Å². The van der Waals surface area contributed by atoms with Crippen molar-refractivity contribution in [3.8, 4) is 17.3 Å². The maximum Gasteiger partial charge on any atom is 0.257 e. The number of imidazole rings is 1. The summed E-state index contributed by atoms with van der Waals surface area (Å²) in [6.45, 7) is 1.23. The Morgan fingerprint density at radius 3 is 2.97 bits per heavy atom. The molecule has 0 aliphatic carbocycles. The van der Waals surface area contributed by atoms with Crippen molar-refractivity contribution in [2.75, 3.05) is 13.2 Å². The number of benzene rings is 1. The Morgan fingerprint density at radius 1 is 1.21 bits per heavy atom. The quantitative estimate of drug-likeness (QED) is 0.384. The predicted molar refractivity (Wildman–Crippen MR) is 126 cm³/mol. The fraction of sp³-hybridized carbons (Fsp3) is 0.280. The largest absolute Gasteiger partial charge is 0.477 e. The van der Waals surface area contributed by atoms with E-state index in [1.807, 2.05) is 54.4 Å². The third kappa shape index (κ3) is 3.68. The van der Waals surface area contributed by atoms with E-state index >= 15 is 0 Å². The molecule has 1 atom stereocenters. The fourth-order valence-electron chi connectivity index (χ4n) is 4.61. The lowest BCUT2D eigenvalue weighted by Crippen LogP contribution is -2.36. The van der Waals surface area contributed by atoms with Gasteiger partial charge in [0.1, 0.15) is 11.3 Å². The van der Waals surface area contributed by atoms with Gasteiger partial charge < -0.3 is 14.1 Å². The number of aryl methyl sites for hydroxylation is 1. The standard InChI is InChI=1S/C25H24N6O3/c1-29-16-18(14-27-29)25(32)30-11-4-6-19(30)10-12-33-24-9-8-23-26-15-20(31(23)28-24)22-13-17-5-2-3-7-21(17)34-22/h2-3,5,7-9,13-16,19H,4,6,10-12H2,1H3. The Bertz CT molecular complexity index is 1450. The highest BCUT2D eigenvalue weighted by molar-refractivity contribution is 5.94. The molecular formula is C25H24N6O3. The second kappa shape index (κ2) is 8.33. The Labute approximate surface area is 195 Å². The van der Waals surface area contributed by atoms with Gasteiger partial charge in [0.05, 0.1) is 24.6 Å². The number of amides is 1. The molecule has 1 unspecified atom stereocenters. The van der Waals surface area contributed by atoms with Gasteiger partial charge in [-0.05, 0) is 31.0 Å². The van der Waals surface area contributed by atoms with E-state index in [-0.39, 0.29) is 11.9 Å². The first-order valence-corrected chi connectivity index (χ1v) is 11.4. The maximum absolute atomic E-state index is 12.9. The van der Waals surface area contributed by atoms with Crippen LogP contribution >= 0.6 is 0 Å². The molecule has 1 aliphatic rings. The second-order valence-electron chi connectivity index (χ2n) is 8.57. The third-order valence-electron chi connectivity index (χ3n) is 6.31. The number of nitrogens with zero attached hydrogens (tertiary/aromatic N) is 6. The number of aromatic nitrogens is 5. The van der Waals surface area contributed by atoms with Gasteiger partial charge in [0.2, 0.25) is 5.88 Å². The zero-order valence-corrected chi connectivity index (χ0v) is 18.8. The Balaban J connectivity index is 1.16. The first-order chi connectivity index (χ1) is 16.7. The highest BCUT2D eigenvalue weighted by atomic mass is 16.5. The minimum atomic E-state index is 0.0315. The zero-order valence-electron chi connectivity index (χ0n) is 18.8. The molecule has 0 radical (unpaired) electrons. The molecule has 1 fully saturated rings. The van der Waals surface area contributed by atoms with Crippen LogP contribution in [0.15, 0.2) is 65.5 Å². The van der Waals surface area contributed by atoms with Gasteiger partial charge in [-0.3, -0.25) is 9.48 Å². The molecule has 1 aliphatic heterocycles. The molecule has 1 saturated heterocycles. The number of ether oxygens (including phenoxy) is 1. The molecule has 0 spiro atoms. The molecule has 0 saturated carbocycles. The van der Waals surface area contributed by atoms with Crippen molar-refractivity contribution in [2.24, 2.45) is 7.05 Å². The SMILES string of the molecule is Cn1cc(C(=O)N2CCCC2CCOc2ccc3ncc(-c4cc5ccccc5o4)n3n2)cn1. The molecule has 0 bridgehead atoms. The Kier molecular flexibility index (Phi) is 5.01. The smallest absolute Gasteiger partial charge is 0.257 e. The van der Waals surface area contributed by atoms with Crippen LogP contribution in [0.4, 0.5) is 0 Å². The summed E-state index contributed by atoms with van der Waals surface area (Å²) in [5.41, 5.74) is 2.93. The summed E-state index contributed by atoms with van der Waals surface area (Å²) in [6.07, 6.45) is 7.85. The van der Waals surface area contributed by atoms with Crippen LogP contribution in [0.2, 0.25) is 0 Å². The van der Waals surface area contributed by atoms with Crippen molar-refractivity contribution in [3.63, 3.8) is 0 Å². The van der Waals surface area contributed by atoms with Gasteiger partial charge in [0, 0.05) is 43.7 Å². The summed E-state index contributed by atoms with van der Waals surface area (Å²) >= 11 is 0. The summed E-state index contributed by atoms with van der Waals surface area (Å²) in [6, 6.07) is 13.7. The topological polar surface area (TPSA) is 90.7 Å². The third-order valence-corrected chi connectivity index (χ3v) is 6.31. The van der Waals surface area contributed by atoms with Crippen molar-refractivity contribution in [3.05, 3.63) is 66.6 Å². The molecule has 9 heteroatoms. The van der Waals surface area contributed by atoms with E-state index in [1.54, 1.807) is 27.8 Å². The molecule has 34 heavy (non-hydrogen) atoms. The van der Waals surface area contributed by atoms with Crippen LogP contribution in [-0.2, 0) is 7.05 Å². The molecule has 6 rings (SSSR count). The number of hydrogen-bond acceptors (Lipinski definition) is 6. The summed E-state index contributed by atoms with van der Waals surface area (Å²) < 4.78 is 15.4. The molecule has 1 aromatic carbocycles. The van der Waals surface area contributed by atoms with Gasteiger partial charge in [-0.15, -0.1) is 5.10 Å². The predicted octanol–water partition coefficient (Wildman–Crippen LogP) is 3.95. The Hall–Kier alpha value is -4.14. The summed E-state index contributed by atoms with van der Waals surface area (Å²) in [4.78, 5) is 19.2. The van der Waals surface area contributed by atoms with Crippen LogP contribution in [0.25, 0.3) is 28.1 Å². The monoisotopic (exact) mass is 456 g/mol. The Morgan fingerprint density at radius 2 is 2.12 bits per heavy atom. The van der Waals surface area contributed by atoms with Gasteiger partial charge in [-0.1, -0.05) is 18.2 Å². The molecule has 9 nitrogen and oxygen atoms in total. The van der Waals surface area contributed by atoms with Gasteiger partial charge in [-0.25, -0.2) is 9.50 Å². The van der Waals surface area contributed by atoms with Crippen molar-refractivity contribution in [1.82, 2.24) is 29.3 Å². The van der Waals surface area contributed by atoms with Crippen molar-refractivity contribution >= 4 is 22.5 Å². The average Bonchev–Trinajstić information content (AvgIpc) is 3.63. The van der Waals surface area contributed by atoms with E-state index in [2.05, 4.69) is 15.2 Å². The first-order valence-electron chi connectivity index (χ1n) is 11.4. The lowest BCUT2D eigenvalue weighted by Gasteiger charge is -2.24. The molecule has 1 amide bonds. The van der Waals surface area contributed by atoms with Gasteiger partial charge >= 0.3 is 0 Å². The number of carbonyl (C=O) groups excluding carboxylic acids is 1. The number of carbonyl (C=O) groups is 1. The number of likely N-dealkylation sites (tertiary alicyclic amines) is 1. The van der Waals surface area contributed by atoms with Crippen molar-refractivity contribution in [2.45, 2.75) is 25.3 Å². The molecular weight excluding hydrogens is 432 g/mol. The van der Waals surface area contributed by atoms with Crippen LogP contribution in [0.5, 0.6) is 5.88 Å². The maximum atomic E-state index is 12.9. The van der Waals surface area contributed by atoms with E-state index in [4.69, 9.17) is 9.15 Å². The van der Waals surface area contributed by atoms with E-state index in [9.17, 15) is 4.79 Å². The summed E-state index contributed by atoms with van der Waals surface area (Å²) in [7, 11) is 1.82. The summed E-state index contributed by atoms with van der Waals surface area (Å²) in [5.74, 6) is 1.24. The molecule has 5 heterocycles. The van der Waals surface area contributed by atoms with Gasteiger partial charge in [0.25, 0.3) is 5.91 Å². The van der Waals surface area contributed by atoms with Crippen molar-refractivity contribution < 1.29 is 13.9 Å². The fourth-order valence-corrected chi connectivity index (χ4v) is 4.61. The number of fused-ring (bicyclic) bond motifs is 2. The molecule has 5 aromatic rings. The normalized spacial score (nSPS) is 16.0. The van der Waals surface area contributed by atoms with E-state index in [0.717, 1.165) is 42.5 Å². The van der Waals surface area contributed by atoms with E-state index in [0.29, 0.717) is 29.5 Å². The summed E-state index contributed by atoms with van der Waals surface area (Å²) in [5, 5.41) is 9.78. The highest BCUT2D eigenvalue weighted by Gasteiger charge is 2.29. The number of rotatable bonds is 6. The van der Waals surface area contributed by atoms with Crippen LogP contribution in [0.3, 0.4) is 0 Å². The van der Waals surface area contributed by atoms with Crippen LogP contribution in [0, 0.1) is 0 Å². The van der Waals surface area contributed by atoms with Crippen LogP contribution in [0.1, 0.15) is 29.6 Å². The molecule has 172 valence electrons. The minimum Gasteiger partial charge on any atom is -0.477 e. The number of hydrogen-bond donors (Lipinski definition) is 0. The number of furan rings is 1. The number of para-hydroxylation sites is 1. The molecule has 4 aromatic heterocycles. The van der Waals surface area contributed by atoms with Crippen LogP contribution < -0.4 is 4.74 Å². The average molecular weight is 457 g/mol. The second-order valence-corrected chi connectivity index (χ2v) is 8.57. The van der Waals surface area contributed by atoms with E-state index in [1.165, 1.54) is 0 Å². The van der Waals surface area contributed by atoms with E-state index < -0.39 is 0 Å².